The standard InChI is InChI=1S/C27H28Cl2N4S/c1-32(15-16-33-13-3-2-4-14-33)20-7-5-19(6-8-20)27-30-25-12-10-22(18-26(25)31-27)34-21-9-11-23(28)24(29)17-21/h5-12,17-18H,2-4,13-16H2,1H3,(H,30,31). The van der Waals surface area contributed by atoms with Crippen LogP contribution in [-0.4, -0.2) is 48.1 Å². The number of benzene rings is 3. The third-order valence-corrected chi connectivity index (χ3v) is 8.08. The summed E-state index contributed by atoms with van der Waals surface area (Å²) in [5.41, 5.74) is 4.29. The van der Waals surface area contributed by atoms with E-state index in [1.165, 1.54) is 38.0 Å². The molecule has 1 aliphatic rings. The Labute approximate surface area is 215 Å². The first-order chi connectivity index (χ1) is 16.5. The van der Waals surface area contributed by atoms with Gasteiger partial charge in [0.25, 0.3) is 0 Å². The van der Waals surface area contributed by atoms with E-state index in [1.54, 1.807) is 11.8 Å². The Morgan fingerprint density at radius 2 is 1.65 bits per heavy atom. The van der Waals surface area contributed by atoms with E-state index in [1.807, 2.05) is 18.2 Å². The fraction of sp³-hybridized carbons (Fsp3) is 0.296. The molecule has 1 saturated heterocycles. The molecule has 7 heteroatoms. The van der Waals surface area contributed by atoms with E-state index in [-0.39, 0.29) is 0 Å². The van der Waals surface area contributed by atoms with Crippen molar-refractivity contribution in [1.29, 1.82) is 0 Å². The summed E-state index contributed by atoms with van der Waals surface area (Å²) in [5, 5.41) is 1.14. The highest BCUT2D eigenvalue weighted by atomic mass is 35.5. The van der Waals surface area contributed by atoms with Crippen LogP contribution in [0.2, 0.25) is 10.0 Å². The van der Waals surface area contributed by atoms with Gasteiger partial charge in [-0.3, -0.25) is 0 Å². The number of imidazole rings is 1. The number of H-pyrrole nitrogens is 1. The van der Waals surface area contributed by atoms with Crippen molar-refractivity contribution in [3.05, 3.63) is 70.7 Å². The van der Waals surface area contributed by atoms with E-state index in [0.29, 0.717) is 10.0 Å². The van der Waals surface area contributed by atoms with Gasteiger partial charge < -0.3 is 14.8 Å². The molecule has 1 aromatic heterocycles. The lowest BCUT2D eigenvalue weighted by molar-refractivity contribution is 0.234. The molecule has 34 heavy (non-hydrogen) atoms. The van der Waals surface area contributed by atoms with Crippen molar-refractivity contribution in [2.24, 2.45) is 0 Å². The Hall–Kier alpha value is -2.18. The lowest BCUT2D eigenvalue weighted by Gasteiger charge is -2.29. The van der Waals surface area contributed by atoms with Crippen molar-refractivity contribution >= 4 is 51.7 Å². The molecular formula is C27H28Cl2N4S. The molecule has 0 bridgehead atoms. The zero-order chi connectivity index (χ0) is 23.5. The number of hydrogen-bond acceptors (Lipinski definition) is 4. The third-order valence-electron chi connectivity index (χ3n) is 6.36. The summed E-state index contributed by atoms with van der Waals surface area (Å²) in [7, 11) is 2.17. The molecule has 0 amide bonds. The summed E-state index contributed by atoms with van der Waals surface area (Å²) in [6.07, 6.45) is 4.06. The van der Waals surface area contributed by atoms with Crippen molar-refractivity contribution in [1.82, 2.24) is 14.9 Å². The first-order valence-corrected chi connectivity index (χ1v) is 13.3. The monoisotopic (exact) mass is 510 g/mol. The van der Waals surface area contributed by atoms with Gasteiger partial charge in [0.2, 0.25) is 0 Å². The van der Waals surface area contributed by atoms with E-state index in [4.69, 9.17) is 28.2 Å². The largest absolute Gasteiger partial charge is 0.373 e. The first-order valence-electron chi connectivity index (χ1n) is 11.7. The Bertz CT molecular complexity index is 1270. The Morgan fingerprint density at radius 1 is 0.912 bits per heavy atom. The topological polar surface area (TPSA) is 35.2 Å². The molecular weight excluding hydrogens is 483 g/mol. The fourth-order valence-corrected chi connectivity index (χ4v) is 5.60. The number of hydrogen-bond donors (Lipinski definition) is 1. The van der Waals surface area contributed by atoms with Crippen LogP contribution in [0.3, 0.4) is 0 Å². The summed E-state index contributed by atoms with van der Waals surface area (Å²) >= 11 is 13.9. The smallest absolute Gasteiger partial charge is 0.138 e. The minimum Gasteiger partial charge on any atom is -0.373 e. The molecule has 3 aromatic carbocycles. The van der Waals surface area contributed by atoms with Crippen LogP contribution in [-0.2, 0) is 0 Å². The van der Waals surface area contributed by atoms with Crippen LogP contribution in [0.4, 0.5) is 5.69 Å². The number of nitrogens with zero attached hydrogens (tertiary/aromatic N) is 3. The highest BCUT2D eigenvalue weighted by Crippen LogP contribution is 2.34. The van der Waals surface area contributed by atoms with Crippen LogP contribution in [0.15, 0.2) is 70.5 Å². The fourth-order valence-electron chi connectivity index (χ4n) is 4.34. The molecule has 0 spiro atoms. The van der Waals surface area contributed by atoms with Crippen LogP contribution in [0.25, 0.3) is 22.4 Å². The van der Waals surface area contributed by atoms with Gasteiger partial charge in [-0.05, 0) is 86.6 Å². The minimum absolute atomic E-state index is 0.567. The molecule has 0 atom stereocenters. The summed E-state index contributed by atoms with van der Waals surface area (Å²) in [6.45, 7) is 4.66. The molecule has 4 nitrogen and oxygen atoms in total. The molecule has 1 aliphatic heterocycles. The number of halogens is 2. The second kappa shape index (κ2) is 10.6. The Morgan fingerprint density at radius 3 is 2.41 bits per heavy atom. The lowest BCUT2D eigenvalue weighted by atomic mass is 10.1. The second-order valence-electron chi connectivity index (χ2n) is 8.81. The number of fused-ring (bicyclic) bond motifs is 1. The van der Waals surface area contributed by atoms with Gasteiger partial charge in [-0.1, -0.05) is 41.4 Å². The summed E-state index contributed by atoms with van der Waals surface area (Å²) in [5.74, 6) is 0.884. The first kappa shape index (κ1) is 23.6. The van der Waals surface area contributed by atoms with Crippen molar-refractivity contribution in [3.8, 4) is 11.4 Å². The predicted molar refractivity (Wildman–Crippen MR) is 146 cm³/mol. The molecule has 4 aromatic rings. The van der Waals surface area contributed by atoms with Crippen LogP contribution in [0.1, 0.15) is 19.3 Å². The number of likely N-dealkylation sites (N-methyl/N-ethyl adjacent to an activating group) is 1. The number of anilines is 1. The summed E-state index contributed by atoms with van der Waals surface area (Å²) in [4.78, 5) is 15.4. The van der Waals surface area contributed by atoms with Crippen LogP contribution in [0.5, 0.6) is 0 Å². The Kier molecular flexibility index (Phi) is 7.35. The SMILES string of the molecule is CN(CCN1CCCCC1)c1ccc(-c2nc3ccc(Sc4ccc(Cl)c(Cl)c4)cc3[nH]2)cc1. The third kappa shape index (κ3) is 5.55. The van der Waals surface area contributed by atoms with Gasteiger partial charge in [-0.25, -0.2) is 4.98 Å². The molecule has 1 fully saturated rings. The van der Waals surface area contributed by atoms with Gasteiger partial charge in [0.1, 0.15) is 5.82 Å². The van der Waals surface area contributed by atoms with Gasteiger partial charge in [0, 0.05) is 41.2 Å². The molecule has 0 unspecified atom stereocenters. The number of likely N-dealkylation sites (tertiary alicyclic amines) is 1. The van der Waals surface area contributed by atoms with Crippen LogP contribution >= 0.6 is 35.0 Å². The average molecular weight is 512 g/mol. The van der Waals surface area contributed by atoms with Crippen molar-refractivity contribution in [2.45, 2.75) is 29.1 Å². The van der Waals surface area contributed by atoms with Gasteiger partial charge in [0.15, 0.2) is 0 Å². The Balaban J connectivity index is 1.26. The number of piperidine rings is 1. The molecule has 0 radical (unpaired) electrons. The molecule has 176 valence electrons. The van der Waals surface area contributed by atoms with Crippen LogP contribution in [0, 0.1) is 0 Å². The minimum atomic E-state index is 0.567. The molecule has 1 N–H and O–H groups in total. The number of nitrogens with one attached hydrogen (secondary N) is 1. The number of aromatic nitrogens is 2. The maximum atomic E-state index is 6.16. The quantitative estimate of drug-likeness (QED) is 0.277. The maximum absolute atomic E-state index is 6.16. The zero-order valence-electron chi connectivity index (χ0n) is 19.2. The van der Waals surface area contributed by atoms with Crippen LogP contribution < -0.4 is 4.90 Å². The molecule has 0 saturated carbocycles. The summed E-state index contributed by atoms with van der Waals surface area (Å²) in [6, 6.07) is 20.6. The van der Waals surface area contributed by atoms with E-state index >= 15 is 0 Å². The molecule has 2 heterocycles. The molecule has 0 aliphatic carbocycles. The highest BCUT2D eigenvalue weighted by molar-refractivity contribution is 7.99. The maximum Gasteiger partial charge on any atom is 0.138 e. The van der Waals surface area contributed by atoms with Crippen molar-refractivity contribution < 1.29 is 0 Å². The van der Waals surface area contributed by atoms with E-state index in [2.05, 4.69) is 64.3 Å². The predicted octanol–water partition coefficient (Wildman–Crippen LogP) is 7.61. The van der Waals surface area contributed by atoms with Crippen molar-refractivity contribution in [3.63, 3.8) is 0 Å². The van der Waals surface area contributed by atoms with E-state index in [9.17, 15) is 0 Å². The second-order valence-corrected chi connectivity index (χ2v) is 10.8. The van der Waals surface area contributed by atoms with E-state index < -0.39 is 0 Å². The molecule has 5 rings (SSSR count). The zero-order valence-corrected chi connectivity index (χ0v) is 21.6. The van der Waals surface area contributed by atoms with Gasteiger partial charge in [-0.2, -0.15) is 0 Å². The lowest BCUT2D eigenvalue weighted by Crippen LogP contribution is -2.36. The van der Waals surface area contributed by atoms with E-state index in [0.717, 1.165) is 45.3 Å². The number of rotatable bonds is 7. The average Bonchev–Trinajstić information content (AvgIpc) is 3.29. The normalized spacial score (nSPS) is 14.6. The van der Waals surface area contributed by atoms with Gasteiger partial charge in [-0.15, -0.1) is 0 Å². The van der Waals surface area contributed by atoms with Crippen molar-refractivity contribution in [2.75, 3.05) is 38.1 Å². The highest BCUT2D eigenvalue weighted by Gasteiger charge is 2.12. The van der Waals surface area contributed by atoms with Gasteiger partial charge >= 0.3 is 0 Å². The van der Waals surface area contributed by atoms with Gasteiger partial charge in [0.05, 0.1) is 21.1 Å². The number of aromatic amines is 1. The summed E-state index contributed by atoms with van der Waals surface area (Å²) < 4.78 is 0.